The van der Waals surface area contributed by atoms with Gasteiger partial charge in [-0.05, 0) is 62.6 Å². The van der Waals surface area contributed by atoms with E-state index in [0.29, 0.717) is 5.69 Å². The second kappa shape index (κ2) is 9.69. The van der Waals surface area contributed by atoms with Crippen LogP contribution in [0.15, 0.2) is 36.4 Å². The van der Waals surface area contributed by atoms with E-state index in [2.05, 4.69) is 10.6 Å². The van der Waals surface area contributed by atoms with Crippen molar-refractivity contribution in [3.8, 4) is 0 Å². The predicted molar refractivity (Wildman–Crippen MR) is 109 cm³/mol. The Hall–Kier alpha value is -3.15. The number of rotatable bonds is 7. The van der Waals surface area contributed by atoms with Crippen LogP contribution < -0.4 is 10.6 Å². The molecule has 0 aromatic heterocycles. The van der Waals surface area contributed by atoms with E-state index in [4.69, 9.17) is 4.74 Å². The average molecular weight is 382 g/mol. The molecule has 2 N–H and O–H groups in total. The fourth-order valence-corrected chi connectivity index (χ4v) is 2.84. The third kappa shape index (κ3) is 6.87. The van der Waals surface area contributed by atoms with Crippen LogP contribution >= 0.6 is 0 Å². The molecule has 0 aliphatic rings. The maximum Gasteiger partial charge on any atom is 0.306 e. The normalized spacial score (nSPS) is 10.3. The molecule has 0 aliphatic carbocycles. The molecule has 2 rings (SSSR count). The van der Waals surface area contributed by atoms with Gasteiger partial charge in [0, 0.05) is 17.8 Å². The van der Waals surface area contributed by atoms with Crippen LogP contribution in [0.2, 0.25) is 0 Å². The van der Waals surface area contributed by atoms with Crippen LogP contribution in [0.4, 0.5) is 11.4 Å². The molecule has 0 unspecified atom stereocenters. The zero-order valence-corrected chi connectivity index (χ0v) is 16.7. The Morgan fingerprint density at radius 1 is 0.786 bits per heavy atom. The lowest BCUT2D eigenvalue weighted by molar-refractivity contribution is -0.147. The summed E-state index contributed by atoms with van der Waals surface area (Å²) in [6, 6.07) is 11.4. The summed E-state index contributed by atoms with van der Waals surface area (Å²) in [5, 5.41) is 5.47. The zero-order chi connectivity index (χ0) is 20.7. The minimum atomic E-state index is -0.591. The highest BCUT2D eigenvalue weighted by Crippen LogP contribution is 2.16. The van der Waals surface area contributed by atoms with Crippen LogP contribution in [0.3, 0.4) is 0 Å². The van der Waals surface area contributed by atoms with Crippen molar-refractivity contribution < 1.29 is 19.1 Å². The largest absolute Gasteiger partial charge is 0.456 e. The Labute approximate surface area is 165 Å². The van der Waals surface area contributed by atoms with Crippen molar-refractivity contribution in [3.63, 3.8) is 0 Å². The number of aryl methyl sites for hydroxylation is 4. The van der Waals surface area contributed by atoms with Gasteiger partial charge in [0.2, 0.25) is 5.91 Å². The molecule has 2 amide bonds. The van der Waals surface area contributed by atoms with Gasteiger partial charge >= 0.3 is 5.97 Å². The summed E-state index contributed by atoms with van der Waals surface area (Å²) in [5.41, 5.74) is 5.50. The van der Waals surface area contributed by atoms with E-state index in [-0.39, 0.29) is 25.4 Å². The number of carbonyl (C=O) groups excluding carboxylic acids is 3. The number of hydrogen-bond acceptors (Lipinski definition) is 4. The number of hydrogen-bond donors (Lipinski definition) is 2. The molecule has 0 heterocycles. The Balaban J connectivity index is 1.73. The topological polar surface area (TPSA) is 84.5 Å². The van der Waals surface area contributed by atoms with Gasteiger partial charge in [-0.1, -0.05) is 23.8 Å². The number of benzene rings is 2. The molecule has 6 nitrogen and oxygen atoms in total. The highest BCUT2D eigenvalue weighted by Gasteiger charge is 2.12. The molecule has 148 valence electrons. The molecule has 2 aromatic carbocycles. The molecule has 0 atom stereocenters. The van der Waals surface area contributed by atoms with E-state index in [1.54, 1.807) is 0 Å². The fraction of sp³-hybridized carbons (Fsp3) is 0.318. The van der Waals surface area contributed by atoms with Gasteiger partial charge in [0.1, 0.15) is 0 Å². The Kier molecular flexibility index (Phi) is 7.32. The quantitative estimate of drug-likeness (QED) is 0.713. The molecule has 2 aromatic rings. The molecule has 0 radical (unpaired) electrons. The van der Waals surface area contributed by atoms with Crippen molar-refractivity contribution in [1.82, 2.24) is 0 Å². The van der Waals surface area contributed by atoms with Gasteiger partial charge in [-0.25, -0.2) is 0 Å². The second-order valence-corrected chi connectivity index (χ2v) is 6.95. The Bertz CT molecular complexity index is 870. The summed E-state index contributed by atoms with van der Waals surface area (Å²) in [6.07, 6.45) is -0.0988. The second-order valence-electron chi connectivity index (χ2n) is 6.95. The van der Waals surface area contributed by atoms with Crippen LogP contribution in [-0.4, -0.2) is 24.4 Å². The van der Waals surface area contributed by atoms with Crippen molar-refractivity contribution in [2.24, 2.45) is 0 Å². The number of nitrogens with one attached hydrogen (secondary N) is 2. The molecule has 6 heteroatoms. The summed E-state index contributed by atoms with van der Waals surface area (Å²) in [6.45, 7) is 7.37. The van der Waals surface area contributed by atoms with Crippen molar-refractivity contribution in [3.05, 3.63) is 58.7 Å². The molecular weight excluding hydrogens is 356 g/mol. The van der Waals surface area contributed by atoms with Crippen LogP contribution in [0.25, 0.3) is 0 Å². The van der Waals surface area contributed by atoms with E-state index < -0.39 is 11.9 Å². The minimum absolute atomic E-state index is 0.00908. The Morgan fingerprint density at radius 2 is 1.46 bits per heavy atom. The fourth-order valence-electron chi connectivity index (χ4n) is 2.84. The van der Waals surface area contributed by atoms with Crippen molar-refractivity contribution in [2.75, 3.05) is 17.2 Å². The molecule has 0 saturated carbocycles. The first-order chi connectivity index (χ1) is 13.2. The van der Waals surface area contributed by atoms with E-state index >= 15 is 0 Å². The van der Waals surface area contributed by atoms with Crippen molar-refractivity contribution in [1.29, 1.82) is 0 Å². The molecule has 0 fully saturated rings. The van der Waals surface area contributed by atoms with Crippen LogP contribution in [0, 0.1) is 27.7 Å². The summed E-state index contributed by atoms with van der Waals surface area (Å²) in [4.78, 5) is 35.7. The molecular formula is C22H26N2O4. The smallest absolute Gasteiger partial charge is 0.306 e. The highest BCUT2D eigenvalue weighted by molar-refractivity contribution is 5.94. The molecule has 0 aliphatic heterocycles. The monoisotopic (exact) mass is 382 g/mol. The summed E-state index contributed by atoms with van der Waals surface area (Å²) in [5.74, 6) is -1.28. The van der Waals surface area contributed by atoms with E-state index in [1.807, 2.05) is 64.1 Å². The molecule has 28 heavy (non-hydrogen) atoms. The van der Waals surface area contributed by atoms with Gasteiger partial charge in [0.05, 0.1) is 6.42 Å². The summed E-state index contributed by atoms with van der Waals surface area (Å²) in [7, 11) is 0. The van der Waals surface area contributed by atoms with Gasteiger partial charge in [0.25, 0.3) is 5.91 Å². The number of amides is 2. The number of ether oxygens (including phenoxy) is 1. The van der Waals surface area contributed by atoms with Gasteiger partial charge in [-0.2, -0.15) is 0 Å². The molecule has 0 bridgehead atoms. The first-order valence-corrected chi connectivity index (χ1v) is 9.14. The maximum absolute atomic E-state index is 12.0. The first-order valence-electron chi connectivity index (χ1n) is 9.14. The standard InChI is InChI=1S/C22H26N2O4/c1-14-5-6-19(17(4)10-14)24-20(25)7-8-22(27)28-13-21(26)23-18-11-15(2)9-16(3)12-18/h5-6,9-12H,7-8,13H2,1-4H3,(H,23,26)(H,24,25). The Morgan fingerprint density at radius 3 is 2.11 bits per heavy atom. The zero-order valence-electron chi connectivity index (χ0n) is 16.7. The summed E-state index contributed by atoms with van der Waals surface area (Å²) < 4.78 is 4.95. The van der Waals surface area contributed by atoms with Gasteiger partial charge in [-0.15, -0.1) is 0 Å². The third-order valence-electron chi connectivity index (χ3n) is 4.08. The van der Waals surface area contributed by atoms with Crippen LogP contribution in [0.5, 0.6) is 0 Å². The lowest BCUT2D eigenvalue weighted by Crippen LogP contribution is -2.22. The average Bonchev–Trinajstić information content (AvgIpc) is 2.59. The third-order valence-corrected chi connectivity index (χ3v) is 4.08. The van der Waals surface area contributed by atoms with Crippen molar-refractivity contribution >= 4 is 29.2 Å². The number of esters is 1. The lowest BCUT2D eigenvalue weighted by atomic mass is 10.1. The van der Waals surface area contributed by atoms with Crippen LogP contribution in [-0.2, 0) is 19.1 Å². The number of anilines is 2. The molecule has 0 saturated heterocycles. The van der Waals surface area contributed by atoms with Crippen molar-refractivity contribution in [2.45, 2.75) is 40.5 Å². The van der Waals surface area contributed by atoms with Gasteiger partial charge < -0.3 is 15.4 Å². The van der Waals surface area contributed by atoms with Crippen LogP contribution in [0.1, 0.15) is 35.1 Å². The van der Waals surface area contributed by atoms with E-state index in [1.165, 1.54) is 0 Å². The maximum atomic E-state index is 12.0. The lowest BCUT2D eigenvalue weighted by Gasteiger charge is -2.10. The number of carbonyl (C=O) groups is 3. The highest BCUT2D eigenvalue weighted by atomic mass is 16.5. The van der Waals surface area contributed by atoms with E-state index in [9.17, 15) is 14.4 Å². The summed E-state index contributed by atoms with van der Waals surface area (Å²) >= 11 is 0. The van der Waals surface area contributed by atoms with Gasteiger partial charge in [-0.3, -0.25) is 14.4 Å². The minimum Gasteiger partial charge on any atom is -0.456 e. The van der Waals surface area contributed by atoms with E-state index in [0.717, 1.165) is 27.9 Å². The predicted octanol–water partition coefficient (Wildman–Crippen LogP) is 3.82. The van der Waals surface area contributed by atoms with Gasteiger partial charge in [0.15, 0.2) is 6.61 Å². The first kappa shape index (κ1) is 21.2. The SMILES string of the molecule is Cc1cc(C)cc(NC(=O)COC(=O)CCC(=O)Nc2ccc(C)cc2C)c1. The molecule has 0 spiro atoms.